The van der Waals surface area contributed by atoms with Gasteiger partial charge < -0.3 is 0 Å². The van der Waals surface area contributed by atoms with Crippen molar-refractivity contribution in [1.82, 2.24) is 9.97 Å². The fourth-order valence-electron chi connectivity index (χ4n) is 5.73. The van der Waals surface area contributed by atoms with Crippen molar-refractivity contribution in [2.75, 3.05) is 4.90 Å². The zero-order chi connectivity index (χ0) is 22.7. The third-order valence-corrected chi connectivity index (χ3v) is 7.01. The summed E-state index contributed by atoms with van der Waals surface area (Å²) in [5.41, 5.74) is 6.84. The first-order chi connectivity index (χ1) is 16.8. The maximum Gasteiger partial charge on any atom is 0.195 e. The van der Waals surface area contributed by atoms with Crippen LogP contribution in [0.4, 0.5) is 17.2 Å². The van der Waals surface area contributed by atoms with E-state index >= 15 is 0 Å². The van der Waals surface area contributed by atoms with E-state index in [1.165, 1.54) is 0 Å². The number of carbonyl (C=O) groups excluding carboxylic acids is 1. The molecule has 0 saturated heterocycles. The van der Waals surface area contributed by atoms with Crippen LogP contribution in [0.2, 0.25) is 0 Å². The number of carbonyl (C=O) groups is 1. The standard InChI is InChI=1S/C30H19N3O/c34-28-21-11-4-5-12-23(21)30(24-16-18-31-19-22(24)28)25-13-6-7-15-27(25)33(20-9-2-1-3-10-20)29-26(30)14-8-17-32-29/h1-19H. The first-order valence-electron chi connectivity index (χ1n) is 11.3. The summed E-state index contributed by atoms with van der Waals surface area (Å²) >= 11 is 0. The lowest BCUT2D eigenvalue weighted by Gasteiger charge is -2.47. The summed E-state index contributed by atoms with van der Waals surface area (Å²) in [7, 11) is 0. The molecule has 0 amide bonds. The first kappa shape index (κ1) is 18.9. The average Bonchev–Trinajstić information content (AvgIpc) is 2.91. The lowest BCUT2D eigenvalue weighted by Crippen LogP contribution is -2.42. The Kier molecular flexibility index (Phi) is 3.88. The molecular weight excluding hydrogens is 418 g/mol. The second-order valence-electron chi connectivity index (χ2n) is 8.61. The lowest BCUT2D eigenvalue weighted by molar-refractivity contribution is 0.103. The lowest BCUT2D eigenvalue weighted by atomic mass is 9.58. The van der Waals surface area contributed by atoms with Gasteiger partial charge in [-0.3, -0.25) is 14.7 Å². The number of benzene rings is 3. The second kappa shape index (κ2) is 6.96. The minimum atomic E-state index is -0.686. The maximum absolute atomic E-state index is 13.6. The van der Waals surface area contributed by atoms with E-state index in [9.17, 15) is 4.79 Å². The van der Waals surface area contributed by atoms with Crippen LogP contribution < -0.4 is 4.90 Å². The van der Waals surface area contributed by atoms with Crippen LogP contribution in [0.1, 0.15) is 38.2 Å². The third-order valence-electron chi connectivity index (χ3n) is 7.01. The van der Waals surface area contributed by atoms with Gasteiger partial charge in [0.15, 0.2) is 5.78 Å². The van der Waals surface area contributed by atoms with Gasteiger partial charge in [-0.1, -0.05) is 66.7 Å². The van der Waals surface area contributed by atoms with E-state index < -0.39 is 5.41 Å². The van der Waals surface area contributed by atoms with Gasteiger partial charge in [-0.2, -0.15) is 0 Å². The first-order valence-corrected chi connectivity index (χ1v) is 11.3. The molecule has 0 radical (unpaired) electrons. The van der Waals surface area contributed by atoms with Crippen LogP contribution in [0.15, 0.2) is 116 Å². The molecule has 4 nitrogen and oxygen atoms in total. The number of hydrogen-bond acceptors (Lipinski definition) is 4. The number of nitrogens with zero attached hydrogens (tertiary/aromatic N) is 3. The van der Waals surface area contributed by atoms with Gasteiger partial charge in [0.1, 0.15) is 5.82 Å². The molecule has 0 saturated carbocycles. The summed E-state index contributed by atoms with van der Waals surface area (Å²) in [5.74, 6) is 0.872. The van der Waals surface area contributed by atoms with Gasteiger partial charge in [-0.25, -0.2) is 4.98 Å². The SMILES string of the molecule is O=C1c2ccccc2C2(c3ccncc31)c1ccccc1N(c1ccccc1)c1ncccc12. The largest absolute Gasteiger partial charge is 0.294 e. The molecule has 160 valence electrons. The molecule has 3 heterocycles. The molecule has 1 atom stereocenters. The molecule has 4 heteroatoms. The van der Waals surface area contributed by atoms with E-state index in [-0.39, 0.29) is 5.78 Å². The predicted octanol–water partition coefficient (Wildman–Crippen LogP) is 6.19. The van der Waals surface area contributed by atoms with E-state index in [1.807, 2.05) is 54.7 Å². The number of anilines is 3. The third kappa shape index (κ3) is 2.29. The van der Waals surface area contributed by atoms with Crippen molar-refractivity contribution >= 4 is 23.0 Å². The summed E-state index contributed by atoms with van der Waals surface area (Å²) < 4.78 is 0. The van der Waals surface area contributed by atoms with Crippen LogP contribution in [0.3, 0.4) is 0 Å². The van der Waals surface area contributed by atoms with Gasteiger partial charge in [0.25, 0.3) is 0 Å². The van der Waals surface area contributed by atoms with E-state index in [2.05, 4.69) is 58.4 Å². The molecule has 34 heavy (non-hydrogen) atoms. The predicted molar refractivity (Wildman–Crippen MR) is 132 cm³/mol. The highest BCUT2D eigenvalue weighted by Crippen LogP contribution is 2.59. The molecule has 3 aromatic carbocycles. The molecule has 0 fully saturated rings. The van der Waals surface area contributed by atoms with Crippen molar-refractivity contribution in [3.05, 3.63) is 149 Å². The molecule has 2 aliphatic rings. The minimum absolute atomic E-state index is 0.0118. The minimum Gasteiger partial charge on any atom is -0.294 e. The normalized spacial score (nSPS) is 17.5. The number of ketones is 1. The smallest absolute Gasteiger partial charge is 0.195 e. The van der Waals surface area contributed by atoms with Crippen molar-refractivity contribution in [3.8, 4) is 0 Å². The molecule has 2 aromatic heterocycles. The molecule has 0 bridgehead atoms. The van der Waals surface area contributed by atoms with E-state index in [0.717, 1.165) is 39.4 Å². The number of pyridine rings is 2. The Morgan fingerprint density at radius 3 is 2.21 bits per heavy atom. The number of para-hydroxylation sites is 2. The molecular formula is C30H19N3O. The summed E-state index contributed by atoms with van der Waals surface area (Å²) in [6.07, 6.45) is 5.32. The summed E-state index contributed by atoms with van der Waals surface area (Å²) in [6, 6.07) is 32.8. The fourth-order valence-corrected chi connectivity index (χ4v) is 5.73. The van der Waals surface area contributed by atoms with Gasteiger partial charge in [-0.05, 0) is 47.0 Å². The maximum atomic E-state index is 13.6. The molecule has 7 rings (SSSR count). The number of hydrogen-bond donors (Lipinski definition) is 0. The molecule has 1 unspecified atom stereocenters. The number of aromatic nitrogens is 2. The quantitative estimate of drug-likeness (QED) is 0.307. The van der Waals surface area contributed by atoms with Crippen molar-refractivity contribution in [2.24, 2.45) is 0 Å². The van der Waals surface area contributed by atoms with Gasteiger partial charge in [0.05, 0.1) is 11.1 Å². The Balaban J connectivity index is 1.69. The molecule has 1 aliphatic heterocycles. The molecule has 5 aromatic rings. The van der Waals surface area contributed by atoms with E-state index in [4.69, 9.17) is 4.98 Å². The van der Waals surface area contributed by atoms with Crippen LogP contribution in [0, 0.1) is 0 Å². The Labute approximate surface area is 197 Å². The monoisotopic (exact) mass is 437 g/mol. The van der Waals surface area contributed by atoms with Crippen molar-refractivity contribution in [1.29, 1.82) is 0 Å². The summed E-state index contributed by atoms with van der Waals surface area (Å²) in [4.78, 5) is 25.0. The number of rotatable bonds is 1. The molecule has 0 N–H and O–H groups in total. The number of fused-ring (bicyclic) bond motifs is 8. The van der Waals surface area contributed by atoms with Crippen LogP contribution in [-0.2, 0) is 5.41 Å². The van der Waals surface area contributed by atoms with Gasteiger partial charge in [0.2, 0.25) is 0 Å². The van der Waals surface area contributed by atoms with Crippen LogP contribution in [-0.4, -0.2) is 15.8 Å². The average molecular weight is 438 g/mol. The zero-order valence-corrected chi connectivity index (χ0v) is 18.2. The van der Waals surface area contributed by atoms with Gasteiger partial charge in [0, 0.05) is 41.0 Å². The van der Waals surface area contributed by atoms with Gasteiger partial charge in [-0.15, -0.1) is 0 Å². The fraction of sp³-hybridized carbons (Fsp3) is 0.0333. The zero-order valence-electron chi connectivity index (χ0n) is 18.2. The van der Waals surface area contributed by atoms with Crippen molar-refractivity contribution in [3.63, 3.8) is 0 Å². The van der Waals surface area contributed by atoms with Crippen LogP contribution in [0.25, 0.3) is 0 Å². The molecule has 1 spiro atoms. The van der Waals surface area contributed by atoms with Crippen LogP contribution >= 0.6 is 0 Å². The van der Waals surface area contributed by atoms with E-state index in [0.29, 0.717) is 11.1 Å². The highest BCUT2D eigenvalue weighted by Gasteiger charge is 2.52. The topological polar surface area (TPSA) is 46.1 Å². The Morgan fingerprint density at radius 1 is 0.618 bits per heavy atom. The highest BCUT2D eigenvalue weighted by molar-refractivity contribution is 6.14. The van der Waals surface area contributed by atoms with Crippen molar-refractivity contribution in [2.45, 2.75) is 5.41 Å². The van der Waals surface area contributed by atoms with E-state index in [1.54, 1.807) is 12.4 Å². The Bertz CT molecular complexity index is 1490. The molecule has 1 aliphatic carbocycles. The second-order valence-corrected chi connectivity index (χ2v) is 8.61. The Hall–Kier alpha value is -4.57. The Morgan fingerprint density at radius 2 is 1.32 bits per heavy atom. The summed E-state index contributed by atoms with van der Waals surface area (Å²) in [6.45, 7) is 0. The highest BCUT2D eigenvalue weighted by atomic mass is 16.1. The van der Waals surface area contributed by atoms with Crippen LogP contribution in [0.5, 0.6) is 0 Å². The summed E-state index contributed by atoms with van der Waals surface area (Å²) in [5, 5.41) is 0. The van der Waals surface area contributed by atoms with Crippen molar-refractivity contribution < 1.29 is 4.79 Å². The van der Waals surface area contributed by atoms with Gasteiger partial charge >= 0.3 is 0 Å².